The van der Waals surface area contributed by atoms with E-state index in [1.165, 1.54) is 0 Å². The average molecular weight is 374 g/mol. The normalized spacial score (nSPS) is 13.7. The van der Waals surface area contributed by atoms with Gasteiger partial charge in [-0.3, -0.25) is 4.79 Å². The first-order valence-electron chi connectivity index (χ1n) is 7.21. The number of anilines is 1. The zero-order valence-corrected chi connectivity index (χ0v) is 15.4. The molecule has 1 atom stereocenters. The number of alkyl halides is 3. The summed E-state index contributed by atoms with van der Waals surface area (Å²) in [5.41, 5.74) is 0.197. The maximum absolute atomic E-state index is 12.2. The highest BCUT2D eigenvalue weighted by atomic mass is 35.6. The van der Waals surface area contributed by atoms with Gasteiger partial charge in [0.1, 0.15) is 6.17 Å². The van der Waals surface area contributed by atoms with Gasteiger partial charge in [0, 0.05) is 16.5 Å². The molecule has 1 unspecified atom stereocenters. The van der Waals surface area contributed by atoms with Gasteiger partial charge in [-0.15, -0.1) is 0 Å². The third kappa shape index (κ3) is 4.66. The molecule has 2 rings (SSSR count). The van der Waals surface area contributed by atoms with E-state index in [0.29, 0.717) is 0 Å². The Morgan fingerprint density at radius 1 is 1.00 bits per heavy atom. The SMILES string of the molecule is CC(C)(C)C(=O)NC(Nc1cccc2ccccc12)C(Cl)(Cl)Cl. The van der Waals surface area contributed by atoms with Gasteiger partial charge in [0.25, 0.3) is 0 Å². The van der Waals surface area contributed by atoms with E-state index in [-0.39, 0.29) is 5.91 Å². The largest absolute Gasteiger partial charge is 0.361 e. The molecule has 0 saturated heterocycles. The van der Waals surface area contributed by atoms with Crippen molar-refractivity contribution < 1.29 is 4.79 Å². The summed E-state index contributed by atoms with van der Waals surface area (Å²) in [4.78, 5) is 12.2. The number of nitrogens with one attached hydrogen (secondary N) is 2. The Balaban J connectivity index is 2.32. The van der Waals surface area contributed by atoms with Gasteiger partial charge >= 0.3 is 0 Å². The number of amides is 1. The van der Waals surface area contributed by atoms with Gasteiger partial charge in [0.05, 0.1) is 0 Å². The topological polar surface area (TPSA) is 41.1 Å². The van der Waals surface area contributed by atoms with E-state index >= 15 is 0 Å². The Morgan fingerprint density at radius 2 is 1.61 bits per heavy atom. The lowest BCUT2D eigenvalue weighted by atomic mass is 9.95. The predicted molar refractivity (Wildman–Crippen MR) is 99.2 cm³/mol. The van der Waals surface area contributed by atoms with Gasteiger partial charge in [-0.25, -0.2) is 0 Å². The minimum Gasteiger partial charge on any atom is -0.361 e. The minimum absolute atomic E-state index is 0.207. The first kappa shape index (κ1) is 18.2. The van der Waals surface area contributed by atoms with Crippen LogP contribution in [0.1, 0.15) is 20.8 Å². The van der Waals surface area contributed by atoms with E-state index in [0.717, 1.165) is 16.5 Å². The quantitative estimate of drug-likeness (QED) is 0.580. The third-order valence-electron chi connectivity index (χ3n) is 3.37. The van der Waals surface area contributed by atoms with E-state index in [1.807, 2.05) is 42.5 Å². The van der Waals surface area contributed by atoms with Crippen molar-refractivity contribution >= 4 is 57.2 Å². The summed E-state index contributed by atoms with van der Waals surface area (Å²) in [6.07, 6.45) is -0.856. The number of halogens is 3. The minimum atomic E-state index is -1.70. The smallest absolute Gasteiger partial charge is 0.228 e. The van der Waals surface area contributed by atoms with Crippen LogP contribution in [-0.4, -0.2) is 15.9 Å². The molecule has 0 saturated carbocycles. The summed E-state index contributed by atoms with van der Waals surface area (Å²) in [6, 6.07) is 13.7. The van der Waals surface area contributed by atoms with Gasteiger partial charge in [0.15, 0.2) is 0 Å². The van der Waals surface area contributed by atoms with Crippen molar-refractivity contribution in [3.63, 3.8) is 0 Å². The standard InChI is InChI=1S/C17H19Cl3N2O/c1-16(2,3)15(23)22-14(17(18,19)20)21-13-10-6-8-11-7-4-5-9-12(11)13/h4-10,14,21H,1-3H3,(H,22,23). The van der Waals surface area contributed by atoms with Crippen molar-refractivity contribution in [2.45, 2.75) is 30.7 Å². The highest BCUT2D eigenvalue weighted by Gasteiger charge is 2.36. The lowest BCUT2D eigenvalue weighted by Gasteiger charge is -2.30. The summed E-state index contributed by atoms with van der Waals surface area (Å²) in [5.74, 6) is -0.207. The van der Waals surface area contributed by atoms with E-state index in [9.17, 15) is 4.79 Å². The molecule has 23 heavy (non-hydrogen) atoms. The molecule has 0 aromatic heterocycles. The van der Waals surface area contributed by atoms with Crippen LogP contribution in [-0.2, 0) is 4.79 Å². The molecule has 0 spiro atoms. The van der Waals surface area contributed by atoms with Gasteiger partial charge in [-0.1, -0.05) is 92.0 Å². The molecule has 0 bridgehead atoms. The Hall–Kier alpha value is -1.16. The van der Waals surface area contributed by atoms with E-state index < -0.39 is 15.4 Å². The van der Waals surface area contributed by atoms with Crippen LogP contribution >= 0.6 is 34.8 Å². The van der Waals surface area contributed by atoms with Crippen molar-refractivity contribution in [3.05, 3.63) is 42.5 Å². The van der Waals surface area contributed by atoms with Crippen LogP contribution in [0.15, 0.2) is 42.5 Å². The number of fused-ring (bicyclic) bond motifs is 1. The van der Waals surface area contributed by atoms with Gasteiger partial charge in [0.2, 0.25) is 9.70 Å². The predicted octanol–water partition coefficient (Wildman–Crippen LogP) is 5.11. The molecule has 2 aromatic rings. The summed E-state index contributed by atoms with van der Waals surface area (Å²) in [7, 11) is 0. The van der Waals surface area contributed by atoms with E-state index in [4.69, 9.17) is 34.8 Å². The molecular formula is C17H19Cl3N2O. The average Bonchev–Trinajstić information content (AvgIpc) is 2.44. The second-order valence-electron chi connectivity index (χ2n) is 6.37. The number of benzene rings is 2. The van der Waals surface area contributed by atoms with Crippen molar-refractivity contribution in [1.82, 2.24) is 5.32 Å². The first-order chi connectivity index (χ1) is 10.6. The Kier molecular flexibility index (Phi) is 5.34. The fraction of sp³-hybridized carbons (Fsp3) is 0.353. The summed E-state index contributed by atoms with van der Waals surface area (Å²) in [6.45, 7) is 5.40. The summed E-state index contributed by atoms with van der Waals surface area (Å²) < 4.78 is -1.70. The van der Waals surface area contributed by atoms with Crippen LogP contribution in [0.3, 0.4) is 0 Å². The molecule has 0 aliphatic rings. The number of carbonyl (C=O) groups is 1. The highest BCUT2D eigenvalue weighted by molar-refractivity contribution is 6.68. The van der Waals surface area contributed by atoms with Crippen molar-refractivity contribution in [1.29, 1.82) is 0 Å². The van der Waals surface area contributed by atoms with Crippen LogP contribution in [0, 0.1) is 5.41 Å². The van der Waals surface area contributed by atoms with Gasteiger partial charge < -0.3 is 10.6 Å². The monoisotopic (exact) mass is 372 g/mol. The summed E-state index contributed by atoms with van der Waals surface area (Å²) in [5, 5.41) is 7.94. The molecule has 2 N–H and O–H groups in total. The number of hydrogen-bond donors (Lipinski definition) is 2. The Morgan fingerprint density at radius 3 is 2.22 bits per heavy atom. The second-order valence-corrected chi connectivity index (χ2v) is 8.74. The zero-order chi connectivity index (χ0) is 17.3. The number of rotatable bonds is 3. The number of carbonyl (C=O) groups excluding carboxylic acids is 1. The molecule has 2 aromatic carbocycles. The Labute approximate surface area is 151 Å². The van der Waals surface area contributed by atoms with Gasteiger partial charge in [-0.2, -0.15) is 0 Å². The van der Waals surface area contributed by atoms with Crippen molar-refractivity contribution in [3.8, 4) is 0 Å². The van der Waals surface area contributed by atoms with Crippen LogP contribution in [0.2, 0.25) is 0 Å². The molecule has 0 radical (unpaired) electrons. The molecule has 0 aliphatic heterocycles. The van der Waals surface area contributed by atoms with Crippen LogP contribution in [0.25, 0.3) is 10.8 Å². The van der Waals surface area contributed by atoms with Crippen LogP contribution in [0.5, 0.6) is 0 Å². The fourth-order valence-corrected chi connectivity index (χ4v) is 2.38. The zero-order valence-electron chi connectivity index (χ0n) is 13.2. The Bertz CT molecular complexity index is 700. The maximum atomic E-state index is 12.2. The van der Waals surface area contributed by atoms with Crippen LogP contribution < -0.4 is 10.6 Å². The fourth-order valence-electron chi connectivity index (χ4n) is 2.05. The van der Waals surface area contributed by atoms with Crippen molar-refractivity contribution in [2.24, 2.45) is 5.41 Å². The molecule has 1 amide bonds. The van der Waals surface area contributed by atoms with E-state index in [2.05, 4.69) is 10.6 Å². The van der Waals surface area contributed by atoms with E-state index in [1.54, 1.807) is 20.8 Å². The number of hydrogen-bond acceptors (Lipinski definition) is 2. The molecular weight excluding hydrogens is 355 g/mol. The summed E-state index contributed by atoms with van der Waals surface area (Å²) >= 11 is 18.1. The molecule has 124 valence electrons. The third-order valence-corrected chi connectivity index (χ3v) is 4.03. The molecule has 6 heteroatoms. The lowest BCUT2D eigenvalue weighted by Crippen LogP contribution is -2.52. The molecule has 3 nitrogen and oxygen atoms in total. The molecule has 0 fully saturated rings. The van der Waals surface area contributed by atoms with Crippen LogP contribution in [0.4, 0.5) is 5.69 Å². The van der Waals surface area contributed by atoms with Crippen molar-refractivity contribution in [2.75, 3.05) is 5.32 Å². The second kappa shape index (κ2) is 6.76. The molecule has 0 heterocycles. The lowest BCUT2D eigenvalue weighted by molar-refractivity contribution is -0.129. The van der Waals surface area contributed by atoms with Gasteiger partial charge in [-0.05, 0) is 11.5 Å². The first-order valence-corrected chi connectivity index (χ1v) is 8.34. The maximum Gasteiger partial charge on any atom is 0.228 e. The molecule has 0 aliphatic carbocycles. The highest BCUT2D eigenvalue weighted by Crippen LogP contribution is 2.33.